The first-order chi connectivity index (χ1) is 14.2. The van der Waals surface area contributed by atoms with Gasteiger partial charge in [-0.3, -0.25) is 14.5 Å². The monoisotopic (exact) mass is 435 g/mol. The first-order valence-electron chi connectivity index (χ1n) is 9.90. The van der Waals surface area contributed by atoms with Crippen LogP contribution in [-0.4, -0.2) is 52.8 Å². The maximum atomic E-state index is 12.4. The van der Waals surface area contributed by atoms with E-state index in [9.17, 15) is 14.7 Å². The second-order valence-corrected chi connectivity index (χ2v) is 8.54. The third-order valence-electron chi connectivity index (χ3n) is 4.47. The molecule has 7 nitrogen and oxygen atoms in total. The van der Waals surface area contributed by atoms with Gasteiger partial charge in [-0.25, -0.2) is 0 Å². The van der Waals surface area contributed by atoms with E-state index in [1.165, 1.54) is 4.57 Å². The summed E-state index contributed by atoms with van der Waals surface area (Å²) in [6, 6.07) is 9.19. The zero-order valence-corrected chi connectivity index (χ0v) is 18.5. The highest BCUT2D eigenvalue weighted by atomic mass is 35.5. The van der Waals surface area contributed by atoms with Crippen LogP contribution in [0.25, 0.3) is 0 Å². The van der Waals surface area contributed by atoms with E-state index in [1.54, 1.807) is 12.3 Å². The minimum absolute atomic E-state index is 0.159. The van der Waals surface area contributed by atoms with Crippen LogP contribution in [0.5, 0.6) is 5.75 Å². The summed E-state index contributed by atoms with van der Waals surface area (Å²) < 4.78 is 6.05. The lowest BCUT2D eigenvalue weighted by Gasteiger charge is -2.27. The predicted molar refractivity (Wildman–Crippen MR) is 118 cm³/mol. The van der Waals surface area contributed by atoms with Crippen LogP contribution >= 0.6 is 11.6 Å². The van der Waals surface area contributed by atoms with Crippen molar-refractivity contribution in [2.45, 2.75) is 39.5 Å². The van der Waals surface area contributed by atoms with Gasteiger partial charge in [-0.2, -0.15) is 0 Å². The Hall–Kier alpha value is -2.35. The van der Waals surface area contributed by atoms with E-state index in [-0.39, 0.29) is 16.9 Å². The summed E-state index contributed by atoms with van der Waals surface area (Å²) in [6.07, 6.45) is 1.74. The fourth-order valence-electron chi connectivity index (χ4n) is 2.94. The number of aromatic nitrogens is 1. The molecular weight excluding hydrogens is 406 g/mol. The molecule has 1 aliphatic heterocycles. The van der Waals surface area contributed by atoms with Crippen LogP contribution in [0.15, 0.2) is 41.3 Å². The van der Waals surface area contributed by atoms with Crippen molar-refractivity contribution in [1.82, 2.24) is 14.8 Å². The molecule has 0 bridgehead atoms. The van der Waals surface area contributed by atoms with Gasteiger partial charge in [0.05, 0.1) is 6.54 Å². The Labute approximate surface area is 182 Å². The topological polar surface area (TPSA) is 83.8 Å². The van der Waals surface area contributed by atoms with Crippen LogP contribution in [0.3, 0.4) is 0 Å². The van der Waals surface area contributed by atoms with Gasteiger partial charge in [-0.05, 0) is 44.5 Å². The zero-order chi connectivity index (χ0) is 22.1. The number of piperazine rings is 1. The molecule has 30 heavy (non-hydrogen) atoms. The molecule has 0 unspecified atom stereocenters. The maximum absolute atomic E-state index is 12.4. The molecule has 0 amide bonds. The van der Waals surface area contributed by atoms with E-state index in [2.05, 4.69) is 15.0 Å². The van der Waals surface area contributed by atoms with Gasteiger partial charge in [-0.1, -0.05) is 23.7 Å². The summed E-state index contributed by atoms with van der Waals surface area (Å²) in [5.41, 5.74) is 0.924. The number of nitrogens with one attached hydrogen (secondary N) is 1. The molecule has 1 aromatic heterocycles. The van der Waals surface area contributed by atoms with E-state index in [0.717, 1.165) is 31.7 Å². The van der Waals surface area contributed by atoms with Crippen LogP contribution in [0, 0.1) is 0 Å². The van der Waals surface area contributed by atoms with E-state index >= 15 is 0 Å². The molecule has 164 valence electrons. The highest BCUT2D eigenvalue weighted by molar-refractivity contribution is 6.30. The molecule has 8 heteroatoms. The Morgan fingerprint density at radius 1 is 1.20 bits per heavy atom. The lowest BCUT2D eigenvalue weighted by Crippen LogP contribution is -2.43. The van der Waals surface area contributed by atoms with E-state index < -0.39 is 0 Å². The molecule has 0 saturated carbocycles. The SMILES string of the molecule is CC(C)(C)OC=O.O=c1c(O)c(CN2CCNCC2)ccn1Cc1cccc(Cl)c1. The Morgan fingerprint density at radius 3 is 2.47 bits per heavy atom. The van der Waals surface area contributed by atoms with Gasteiger partial charge < -0.3 is 19.7 Å². The number of hydrogen-bond donors (Lipinski definition) is 2. The second-order valence-electron chi connectivity index (χ2n) is 8.11. The molecule has 1 aromatic carbocycles. The van der Waals surface area contributed by atoms with Gasteiger partial charge in [0.2, 0.25) is 0 Å². The fourth-order valence-corrected chi connectivity index (χ4v) is 3.15. The first-order valence-corrected chi connectivity index (χ1v) is 10.3. The number of halogens is 1. The number of rotatable bonds is 5. The lowest BCUT2D eigenvalue weighted by atomic mass is 10.2. The van der Waals surface area contributed by atoms with Crippen LogP contribution in [0.1, 0.15) is 31.9 Å². The molecule has 1 fully saturated rings. The first kappa shape index (κ1) is 23.9. The third-order valence-corrected chi connectivity index (χ3v) is 4.71. The van der Waals surface area contributed by atoms with Crippen LogP contribution in [0.2, 0.25) is 5.02 Å². The van der Waals surface area contributed by atoms with Crippen LogP contribution in [0.4, 0.5) is 0 Å². The minimum atomic E-state index is -0.363. The number of ether oxygens (including phenoxy) is 1. The molecule has 1 saturated heterocycles. The largest absolute Gasteiger partial charge is 0.503 e. The number of hydrogen-bond acceptors (Lipinski definition) is 6. The van der Waals surface area contributed by atoms with Crippen molar-refractivity contribution in [2.24, 2.45) is 0 Å². The van der Waals surface area contributed by atoms with Crippen molar-refractivity contribution >= 4 is 18.1 Å². The minimum Gasteiger partial charge on any atom is -0.503 e. The molecule has 3 rings (SSSR count). The quantitative estimate of drug-likeness (QED) is 0.702. The van der Waals surface area contributed by atoms with Crippen molar-refractivity contribution in [3.8, 4) is 5.75 Å². The highest BCUT2D eigenvalue weighted by Crippen LogP contribution is 2.16. The molecule has 0 radical (unpaired) electrons. The third kappa shape index (κ3) is 7.82. The Balaban J connectivity index is 0.000000396. The number of carbonyl (C=O) groups excluding carboxylic acids is 1. The highest BCUT2D eigenvalue weighted by Gasteiger charge is 2.15. The van der Waals surface area contributed by atoms with Crippen LogP contribution in [-0.2, 0) is 22.6 Å². The Morgan fingerprint density at radius 2 is 1.90 bits per heavy atom. The van der Waals surface area contributed by atoms with Gasteiger partial charge in [0.1, 0.15) is 5.60 Å². The normalized spacial score (nSPS) is 14.5. The average Bonchev–Trinajstić information content (AvgIpc) is 2.68. The number of pyridine rings is 1. The lowest BCUT2D eigenvalue weighted by molar-refractivity contribution is -0.138. The van der Waals surface area contributed by atoms with Crippen molar-refractivity contribution in [3.63, 3.8) is 0 Å². The summed E-state index contributed by atoms with van der Waals surface area (Å²) in [5.74, 6) is -0.159. The molecule has 0 atom stereocenters. The summed E-state index contributed by atoms with van der Waals surface area (Å²) in [4.78, 5) is 24.2. The Bertz CT molecular complexity index is 887. The fraction of sp³-hybridized carbons (Fsp3) is 0.455. The van der Waals surface area contributed by atoms with E-state index in [4.69, 9.17) is 11.6 Å². The van der Waals surface area contributed by atoms with Crippen molar-refractivity contribution in [3.05, 3.63) is 63.0 Å². The van der Waals surface area contributed by atoms with Gasteiger partial charge in [0, 0.05) is 49.5 Å². The van der Waals surface area contributed by atoms with Crippen molar-refractivity contribution in [2.75, 3.05) is 26.2 Å². The standard InChI is InChI=1S/C17H20ClN3O2.C5H10O2/c18-15-3-1-2-13(10-15)11-21-7-4-14(16(22)17(21)23)12-20-8-5-19-6-9-20;1-5(2,3)7-4-6/h1-4,7,10,19,22H,5-6,8-9,11-12H2;4H,1-3H3. The Kier molecular flexibility index (Phi) is 8.89. The zero-order valence-electron chi connectivity index (χ0n) is 17.7. The summed E-state index contributed by atoms with van der Waals surface area (Å²) in [7, 11) is 0. The molecule has 1 aliphatic rings. The van der Waals surface area contributed by atoms with Gasteiger partial charge in [0.15, 0.2) is 5.75 Å². The number of nitrogens with zero attached hydrogens (tertiary/aromatic N) is 2. The van der Waals surface area contributed by atoms with Gasteiger partial charge in [0.25, 0.3) is 12.0 Å². The van der Waals surface area contributed by atoms with Gasteiger partial charge in [-0.15, -0.1) is 0 Å². The van der Waals surface area contributed by atoms with Crippen LogP contribution < -0.4 is 10.9 Å². The van der Waals surface area contributed by atoms with E-state index in [0.29, 0.717) is 30.1 Å². The van der Waals surface area contributed by atoms with Crippen molar-refractivity contribution in [1.29, 1.82) is 0 Å². The molecule has 0 aliphatic carbocycles. The second kappa shape index (κ2) is 11.2. The number of aromatic hydroxyl groups is 1. The summed E-state index contributed by atoms with van der Waals surface area (Å²) in [6.45, 7) is 10.6. The molecule has 2 aromatic rings. The smallest absolute Gasteiger partial charge is 0.293 e. The summed E-state index contributed by atoms with van der Waals surface area (Å²) >= 11 is 5.97. The summed E-state index contributed by atoms with van der Waals surface area (Å²) in [5, 5.41) is 14.2. The molecule has 0 spiro atoms. The molecule has 2 heterocycles. The number of carbonyl (C=O) groups is 1. The average molecular weight is 436 g/mol. The molecular formula is C22H30ClN3O4. The van der Waals surface area contributed by atoms with Gasteiger partial charge >= 0.3 is 0 Å². The maximum Gasteiger partial charge on any atom is 0.293 e. The predicted octanol–water partition coefficient (Wildman–Crippen LogP) is 2.62. The number of benzene rings is 1. The van der Waals surface area contributed by atoms with E-state index in [1.807, 2.05) is 45.0 Å². The molecule has 2 N–H and O–H groups in total. The van der Waals surface area contributed by atoms with Crippen molar-refractivity contribution < 1.29 is 14.6 Å².